The number of allylic oxidation sites excluding steroid dienone is 6. The molecule has 1 aliphatic rings. The molecule has 0 radical (unpaired) electrons. The Balaban J connectivity index is 2.99. The van der Waals surface area contributed by atoms with Crippen molar-refractivity contribution >= 4 is 0 Å². The van der Waals surface area contributed by atoms with Crippen molar-refractivity contribution in [2.24, 2.45) is 5.84 Å². The molecule has 1 heterocycles. The van der Waals surface area contributed by atoms with Crippen LogP contribution >= 0.6 is 0 Å². The fourth-order valence-electron chi connectivity index (χ4n) is 1.31. The highest BCUT2D eigenvalue weighted by atomic mass is 15.4. The van der Waals surface area contributed by atoms with E-state index in [1.165, 1.54) is 5.57 Å². The van der Waals surface area contributed by atoms with Gasteiger partial charge in [-0.3, -0.25) is 5.01 Å². The van der Waals surface area contributed by atoms with E-state index in [1.807, 2.05) is 37.4 Å². The largest absolute Gasteiger partial charge is 0.287 e. The molecule has 0 fully saturated rings. The lowest BCUT2D eigenvalue weighted by Crippen LogP contribution is -2.25. The second-order valence-corrected chi connectivity index (χ2v) is 2.87. The molecule has 0 atom stereocenters. The molecule has 0 saturated heterocycles. The predicted molar refractivity (Wildman–Crippen MR) is 56.4 cm³/mol. The number of nitrogens with zero attached hydrogens (tertiary/aromatic N) is 1. The molecule has 0 aliphatic carbocycles. The fraction of sp³-hybridized carbons (Fsp3) is 0.273. The third kappa shape index (κ3) is 2.33. The van der Waals surface area contributed by atoms with Crippen LogP contribution in [0.25, 0.3) is 0 Å². The van der Waals surface area contributed by atoms with Gasteiger partial charge in [0.15, 0.2) is 0 Å². The first-order valence-electron chi connectivity index (χ1n) is 4.54. The van der Waals surface area contributed by atoms with Gasteiger partial charge in [-0.1, -0.05) is 25.2 Å². The quantitative estimate of drug-likeness (QED) is 0.655. The Morgan fingerprint density at radius 2 is 2.31 bits per heavy atom. The van der Waals surface area contributed by atoms with E-state index in [0.29, 0.717) is 0 Å². The summed E-state index contributed by atoms with van der Waals surface area (Å²) in [6, 6.07) is 0. The Kier molecular flexibility index (Phi) is 3.53. The molecule has 2 heteroatoms. The molecule has 1 rings (SSSR count). The van der Waals surface area contributed by atoms with Crippen LogP contribution in [0.1, 0.15) is 20.3 Å². The van der Waals surface area contributed by atoms with Crippen LogP contribution in [0.2, 0.25) is 0 Å². The van der Waals surface area contributed by atoms with Gasteiger partial charge in [0.2, 0.25) is 0 Å². The van der Waals surface area contributed by atoms with E-state index in [2.05, 4.69) is 13.0 Å². The molecule has 0 amide bonds. The molecule has 0 spiro atoms. The van der Waals surface area contributed by atoms with Crippen LogP contribution in [-0.2, 0) is 0 Å². The summed E-state index contributed by atoms with van der Waals surface area (Å²) in [6.45, 7) is 4.14. The number of hydrogen-bond acceptors (Lipinski definition) is 2. The van der Waals surface area contributed by atoms with Crippen molar-refractivity contribution in [3.63, 3.8) is 0 Å². The van der Waals surface area contributed by atoms with Crippen molar-refractivity contribution in [3.05, 3.63) is 47.9 Å². The van der Waals surface area contributed by atoms with E-state index in [-0.39, 0.29) is 0 Å². The molecule has 2 N–H and O–H groups in total. The molecule has 0 unspecified atom stereocenters. The molecule has 13 heavy (non-hydrogen) atoms. The average Bonchev–Trinajstić information content (AvgIpc) is 2.16. The normalized spacial score (nSPS) is 20.1. The highest BCUT2D eigenvalue weighted by molar-refractivity contribution is 5.36. The summed E-state index contributed by atoms with van der Waals surface area (Å²) >= 11 is 0. The first-order valence-corrected chi connectivity index (χ1v) is 4.54. The third-order valence-electron chi connectivity index (χ3n) is 1.97. The summed E-state index contributed by atoms with van der Waals surface area (Å²) in [6.07, 6.45) is 12.9. The average molecular weight is 176 g/mol. The molecule has 2 nitrogen and oxygen atoms in total. The van der Waals surface area contributed by atoms with E-state index in [1.54, 1.807) is 5.01 Å². The maximum absolute atomic E-state index is 5.79. The Labute approximate surface area is 79.7 Å². The lowest BCUT2D eigenvalue weighted by atomic mass is 10.1. The Bertz CT molecular complexity index is 282. The van der Waals surface area contributed by atoms with Gasteiger partial charge in [-0.15, -0.1) is 0 Å². The van der Waals surface area contributed by atoms with Crippen LogP contribution < -0.4 is 5.84 Å². The molecule has 70 valence electrons. The number of hydrazine groups is 1. The molecule has 0 bridgehead atoms. The standard InChI is InChI=1S/C11H16N2/c1-3-7-10(4-2)11-8-5-6-9-13(11)12/h3,5-9H,4,12H2,1-2H3/b7-3-,11-10-. The summed E-state index contributed by atoms with van der Waals surface area (Å²) in [7, 11) is 0. The van der Waals surface area contributed by atoms with E-state index in [9.17, 15) is 0 Å². The zero-order valence-corrected chi connectivity index (χ0v) is 8.20. The smallest absolute Gasteiger partial charge is 0.0599 e. The van der Waals surface area contributed by atoms with Crippen LogP contribution in [0.15, 0.2) is 47.9 Å². The van der Waals surface area contributed by atoms with Crippen molar-refractivity contribution in [2.75, 3.05) is 0 Å². The van der Waals surface area contributed by atoms with Crippen LogP contribution in [0.3, 0.4) is 0 Å². The van der Waals surface area contributed by atoms with E-state index >= 15 is 0 Å². The summed E-state index contributed by atoms with van der Waals surface area (Å²) < 4.78 is 0. The zero-order valence-electron chi connectivity index (χ0n) is 8.20. The highest BCUT2D eigenvalue weighted by Crippen LogP contribution is 2.16. The first-order chi connectivity index (χ1) is 6.29. The number of rotatable bonds is 2. The van der Waals surface area contributed by atoms with Gasteiger partial charge in [0.1, 0.15) is 0 Å². The Hall–Kier alpha value is -1.28. The number of hydrogen-bond donors (Lipinski definition) is 1. The summed E-state index contributed by atoms with van der Waals surface area (Å²) in [5.41, 5.74) is 2.33. The fourth-order valence-corrected chi connectivity index (χ4v) is 1.31. The van der Waals surface area contributed by atoms with Crippen molar-refractivity contribution in [1.82, 2.24) is 5.01 Å². The van der Waals surface area contributed by atoms with Gasteiger partial charge in [-0.25, -0.2) is 5.84 Å². The maximum Gasteiger partial charge on any atom is 0.0599 e. The Morgan fingerprint density at radius 3 is 2.85 bits per heavy atom. The molecule has 0 saturated carbocycles. The second-order valence-electron chi connectivity index (χ2n) is 2.87. The maximum atomic E-state index is 5.79. The van der Waals surface area contributed by atoms with Gasteiger partial charge in [0.05, 0.1) is 5.70 Å². The van der Waals surface area contributed by atoms with E-state index in [0.717, 1.165) is 12.1 Å². The highest BCUT2D eigenvalue weighted by Gasteiger charge is 2.05. The minimum absolute atomic E-state index is 0.992. The summed E-state index contributed by atoms with van der Waals surface area (Å²) in [5, 5.41) is 1.65. The Morgan fingerprint density at radius 1 is 1.54 bits per heavy atom. The van der Waals surface area contributed by atoms with Gasteiger partial charge >= 0.3 is 0 Å². The monoisotopic (exact) mass is 176 g/mol. The van der Waals surface area contributed by atoms with Gasteiger partial charge in [-0.2, -0.15) is 0 Å². The lowest BCUT2D eigenvalue weighted by molar-refractivity contribution is 0.498. The van der Waals surface area contributed by atoms with Crippen LogP contribution in [0.4, 0.5) is 0 Å². The van der Waals surface area contributed by atoms with Crippen molar-refractivity contribution in [3.8, 4) is 0 Å². The van der Waals surface area contributed by atoms with Gasteiger partial charge in [0, 0.05) is 6.20 Å². The van der Waals surface area contributed by atoms with Crippen molar-refractivity contribution < 1.29 is 0 Å². The van der Waals surface area contributed by atoms with Gasteiger partial charge < -0.3 is 0 Å². The SMILES string of the molecule is C/C=C\C(CC)=C1\C=CC=CN1N. The van der Waals surface area contributed by atoms with Crippen molar-refractivity contribution in [1.29, 1.82) is 0 Å². The van der Waals surface area contributed by atoms with E-state index in [4.69, 9.17) is 5.84 Å². The van der Waals surface area contributed by atoms with Crippen LogP contribution in [0.5, 0.6) is 0 Å². The third-order valence-corrected chi connectivity index (χ3v) is 1.97. The number of nitrogens with two attached hydrogens (primary N) is 1. The molecule has 0 aromatic heterocycles. The lowest BCUT2D eigenvalue weighted by Gasteiger charge is -2.20. The zero-order chi connectivity index (χ0) is 9.68. The van der Waals surface area contributed by atoms with Gasteiger partial charge in [0.25, 0.3) is 0 Å². The molecule has 1 aliphatic heterocycles. The molecule has 0 aromatic carbocycles. The van der Waals surface area contributed by atoms with Gasteiger partial charge in [-0.05, 0) is 31.1 Å². The summed E-state index contributed by atoms with van der Waals surface area (Å²) in [4.78, 5) is 0. The van der Waals surface area contributed by atoms with E-state index < -0.39 is 0 Å². The second kappa shape index (κ2) is 4.67. The molecular weight excluding hydrogens is 160 g/mol. The molecular formula is C11H16N2. The minimum atomic E-state index is 0.992. The summed E-state index contributed by atoms with van der Waals surface area (Å²) in [5.74, 6) is 5.79. The minimum Gasteiger partial charge on any atom is -0.287 e. The van der Waals surface area contributed by atoms with Crippen molar-refractivity contribution in [2.45, 2.75) is 20.3 Å². The topological polar surface area (TPSA) is 29.3 Å². The predicted octanol–water partition coefficient (Wildman–Crippen LogP) is 2.49. The first kappa shape index (κ1) is 9.81. The van der Waals surface area contributed by atoms with Crippen LogP contribution in [0, 0.1) is 0 Å². The van der Waals surface area contributed by atoms with Crippen LogP contribution in [-0.4, -0.2) is 5.01 Å². The molecule has 0 aromatic rings.